The largest absolute Gasteiger partial charge is 0.772 e. The molecule has 1 aliphatic heterocycles. The van der Waals surface area contributed by atoms with Gasteiger partial charge in [0.1, 0.15) is 12.4 Å². The Kier molecular flexibility index (Phi) is 4.93. The van der Waals surface area contributed by atoms with Crippen LogP contribution in [0.5, 0.6) is 0 Å². The Labute approximate surface area is 148 Å². The van der Waals surface area contributed by atoms with Gasteiger partial charge in [-0.3, -0.25) is 4.21 Å². The molecular weight excluding hydrogens is 399 g/mol. The summed E-state index contributed by atoms with van der Waals surface area (Å²) in [5, 5.41) is 0. The fraction of sp³-hybridized carbons (Fsp3) is 0.118. The molecule has 0 amide bonds. The van der Waals surface area contributed by atoms with Crippen molar-refractivity contribution in [2.45, 2.75) is 5.75 Å². The zero-order chi connectivity index (χ0) is 17.3. The third-order valence-corrected chi connectivity index (χ3v) is 4.87. The Hall–Kier alpha value is -1.83. The van der Waals surface area contributed by atoms with Gasteiger partial charge >= 0.3 is 5.97 Å². The predicted octanol–water partition coefficient (Wildman–Crippen LogP) is 3.43. The van der Waals surface area contributed by atoms with Crippen LogP contribution in [0.1, 0.15) is 16.7 Å². The lowest BCUT2D eigenvalue weighted by molar-refractivity contribution is -0.133. The summed E-state index contributed by atoms with van der Waals surface area (Å²) in [5.74, 6) is -0.943. The Morgan fingerprint density at radius 1 is 1.21 bits per heavy atom. The Balaban J connectivity index is 2.04. The molecule has 0 fully saturated rings. The van der Waals surface area contributed by atoms with Crippen molar-refractivity contribution < 1.29 is 22.7 Å². The number of hydrogen-bond donors (Lipinski definition) is 0. The molecule has 7 heteroatoms. The molecule has 0 saturated carbocycles. The topological polar surface area (TPSA) is 66.4 Å². The molecule has 0 aliphatic carbocycles. The van der Waals surface area contributed by atoms with E-state index in [0.29, 0.717) is 26.7 Å². The molecule has 0 saturated heterocycles. The molecule has 0 bridgehead atoms. The first-order valence-electron chi connectivity index (χ1n) is 6.96. The number of benzene rings is 2. The van der Waals surface area contributed by atoms with Gasteiger partial charge in [-0.15, -0.1) is 0 Å². The third-order valence-electron chi connectivity index (χ3n) is 3.64. The van der Waals surface area contributed by atoms with Crippen molar-refractivity contribution in [3.8, 4) is 0 Å². The third kappa shape index (κ3) is 3.48. The van der Waals surface area contributed by atoms with Gasteiger partial charge in [0, 0.05) is 21.4 Å². The summed E-state index contributed by atoms with van der Waals surface area (Å²) >= 11 is 1.12. The summed E-state index contributed by atoms with van der Waals surface area (Å²) in [6, 6.07) is 11.0. The van der Waals surface area contributed by atoms with Crippen LogP contribution in [0.25, 0.3) is 11.1 Å². The van der Waals surface area contributed by atoms with Crippen LogP contribution in [-0.2, 0) is 26.4 Å². The van der Waals surface area contributed by atoms with Crippen molar-refractivity contribution in [3.05, 3.63) is 69.4 Å². The molecule has 1 atom stereocenters. The van der Waals surface area contributed by atoms with Crippen LogP contribution in [0, 0.1) is 5.82 Å². The number of carbonyl (C=O) groups is 1. The number of esters is 1. The van der Waals surface area contributed by atoms with Crippen LogP contribution in [0.3, 0.4) is 0 Å². The fourth-order valence-electron chi connectivity index (χ4n) is 2.54. The van der Waals surface area contributed by atoms with Crippen LogP contribution < -0.4 is 0 Å². The molecule has 0 aromatic heterocycles. The number of halogens is 2. The highest BCUT2D eigenvalue weighted by Crippen LogP contribution is 2.36. The summed E-state index contributed by atoms with van der Waals surface area (Å²) in [5.41, 5.74) is 3.03. The number of cyclic esters (lactones) is 1. The summed E-state index contributed by atoms with van der Waals surface area (Å²) in [6.07, 6.45) is 0. The molecule has 124 valence electrons. The van der Waals surface area contributed by atoms with Crippen molar-refractivity contribution in [2.24, 2.45) is 0 Å². The average molecular weight is 410 g/mol. The maximum Gasteiger partial charge on any atom is 0.339 e. The van der Waals surface area contributed by atoms with E-state index in [2.05, 4.69) is 15.9 Å². The second kappa shape index (κ2) is 6.96. The van der Waals surface area contributed by atoms with Crippen LogP contribution in [0.2, 0.25) is 0 Å². The SMILES string of the molecule is O=C1OCC(c2ccc(CS(=O)[O-])cc2)=C1c1ccc(F)cc1Br. The lowest BCUT2D eigenvalue weighted by atomic mass is 9.96. The van der Waals surface area contributed by atoms with Gasteiger partial charge < -0.3 is 9.29 Å². The lowest BCUT2D eigenvalue weighted by Gasteiger charge is -2.09. The lowest BCUT2D eigenvalue weighted by Crippen LogP contribution is -1.99. The fourth-order valence-corrected chi connectivity index (χ4v) is 3.55. The molecule has 1 unspecified atom stereocenters. The highest BCUT2D eigenvalue weighted by atomic mass is 79.9. The van der Waals surface area contributed by atoms with E-state index in [9.17, 15) is 17.9 Å². The summed E-state index contributed by atoms with van der Waals surface area (Å²) in [7, 11) is 0. The molecule has 0 spiro atoms. The van der Waals surface area contributed by atoms with Gasteiger partial charge in [0.2, 0.25) is 0 Å². The van der Waals surface area contributed by atoms with Crippen LogP contribution in [0.15, 0.2) is 46.9 Å². The number of hydrogen-bond acceptors (Lipinski definition) is 4. The number of carbonyl (C=O) groups excluding carboxylic acids is 1. The van der Waals surface area contributed by atoms with Crippen LogP contribution in [0.4, 0.5) is 4.39 Å². The van der Waals surface area contributed by atoms with Gasteiger partial charge in [-0.05, 0) is 23.3 Å². The quantitative estimate of drug-likeness (QED) is 0.572. The van der Waals surface area contributed by atoms with Gasteiger partial charge in [-0.2, -0.15) is 0 Å². The monoisotopic (exact) mass is 409 g/mol. The van der Waals surface area contributed by atoms with Crippen molar-refractivity contribution in [1.82, 2.24) is 0 Å². The molecule has 4 nitrogen and oxygen atoms in total. The number of rotatable bonds is 4. The minimum atomic E-state index is -2.16. The molecular formula is C17H11BrFO4S-. The maximum atomic E-state index is 13.3. The molecule has 1 aliphatic rings. The highest BCUT2D eigenvalue weighted by Gasteiger charge is 2.28. The van der Waals surface area contributed by atoms with E-state index in [1.165, 1.54) is 18.2 Å². The smallest absolute Gasteiger partial charge is 0.339 e. The van der Waals surface area contributed by atoms with Crippen LogP contribution >= 0.6 is 15.9 Å². The summed E-state index contributed by atoms with van der Waals surface area (Å²) in [4.78, 5) is 12.1. The summed E-state index contributed by atoms with van der Waals surface area (Å²) < 4.78 is 40.4. The van der Waals surface area contributed by atoms with Gasteiger partial charge in [0.05, 0.1) is 5.57 Å². The predicted molar refractivity (Wildman–Crippen MR) is 90.9 cm³/mol. The van der Waals surface area contributed by atoms with Crippen molar-refractivity contribution in [3.63, 3.8) is 0 Å². The second-order valence-corrected chi connectivity index (χ2v) is 6.95. The Morgan fingerprint density at radius 2 is 1.92 bits per heavy atom. The first-order chi connectivity index (χ1) is 11.5. The average Bonchev–Trinajstić information content (AvgIpc) is 2.89. The Morgan fingerprint density at radius 3 is 2.54 bits per heavy atom. The molecule has 0 N–H and O–H groups in total. The van der Waals surface area contributed by atoms with E-state index in [0.717, 1.165) is 5.56 Å². The van der Waals surface area contributed by atoms with Gasteiger partial charge in [0.25, 0.3) is 0 Å². The molecule has 2 aromatic rings. The normalized spacial score (nSPS) is 15.5. The van der Waals surface area contributed by atoms with E-state index in [1.54, 1.807) is 24.3 Å². The first kappa shape index (κ1) is 17.0. The second-order valence-electron chi connectivity index (χ2n) is 5.20. The van der Waals surface area contributed by atoms with Gasteiger partial charge in [0.15, 0.2) is 0 Å². The van der Waals surface area contributed by atoms with E-state index in [1.807, 2.05) is 0 Å². The van der Waals surface area contributed by atoms with Crippen molar-refractivity contribution in [2.75, 3.05) is 6.61 Å². The molecule has 3 rings (SSSR count). The van der Waals surface area contributed by atoms with E-state index < -0.39 is 22.9 Å². The zero-order valence-corrected chi connectivity index (χ0v) is 14.7. The first-order valence-corrected chi connectivity index (χ1v) is 9.00. The molecule has 24 heavy (non-hydrogen) atoms. The van der Waals surface area contributed by atoms with Crippen LogP contribution in [-0.4, -0.2) is 21.3 Å². The zero-order valence-electron chi connectivity index (χ0n) is 12.3. The molecule has 0 radical (unpaired) electrons. The highest BCUT2D eigenvalue weighted by molar-refractivity contribution is 9.10. The summed E-state index contributed by atoms with van der Waals surface area (Å²) in [6.45, 7) is 0.116. The minimum absolute atomic E-state index is 0.0644. The number of ether oxygens (including phenoxy) is 1. The standard InChI is InChI=1S/C17H12BrFO4S/c18-15-7-12(19)5-6-13(15)16-14(8-23-17(16)20)11-3-1-10(2-4-11)9-24(21)22/h1-7H,8-9H2,(H,21,22)/p-1. The van der Waals surface area contributed by atoms with E-state index in [-0.39, 0.29) is 12.4 Å². The minimum Gasteiger partial charge on any atom is -0.772 e. The molecule has 2 aromatic carbocycles. The van der Waals surface area contributed by atoms with Gasteiger partial charge in [-0.1, -0.05) is 57.3 Å². The van der Waals surface area contributed by atoms with Crippen molar-refractivity contribution >= 4 is 44.1 Å². The molecule has 1 heterocycles. The van der Waals surface area contributed by atoms with Crippen molar-refractivity contribution in [1.29, 1.82) is 0 Å². The van der Waals surface area contributed by atoms with Gasteiger partial charge in [-0.25, -0.2) is 9.18 Å². The van der Waals surface area contributed by atoms with E-state index in [4.69, 9.17) is 4.74 Å². The van der Waals surface area contributed by atoms with E-state index >= 15 is 0 Å². The maximum absolute atomic E-state index is 13.3. The Bertz CT molecular complexity index is 861.